The molecule has 1 heterocycles. The summed E-state index contributed by atoms with van der Waals surface area (Å²) in [6.07, 6.45) is 3.39. The number of nitrogens with zero attached hydrogens (tertiary/aromatic N) is 1. The van der Waals surface area contributed by atoms with Crippen molar-refractivity contribution in [3.05, 3.63) is 24.3 Å². The number of ether oxygens (including phenoxy) is 1. The molecule has 5 nitrogen and oxygen atoms in total. The summed E-state index contributed by atoms with van der Waals surface area (Å²) < 4.78 is 5.41. The van der Waals surface area contributed by atoms with E-state index in [1.807, 2.05) is 24.3 Å². The zero-order valence-electron chi connectivity index (χ0n) is 13.7. The lowest BCUT2D eigenvalue weighted by molar-refractivity contribution is -0.126. The molecule has 0 unspecified atom stereocenters. The van der Waals surface area contributed by atoms with Crippen molar-refractivity contribution >= 4 is 17.5 Å². The summed E-state index contributed by atoms with van der Waals surface area (Å²) in [4.78, 5) is 26.1. The molecule has 0 radical (unpaired) electrons. The number of hydrogen-bond acceptors (Lipinski definition) is 3. The number of fused-ring (bicyclic) bond motifs is 1. The lowest BCUT2D eigenvalue weighted by Gasteiger charge is -2.35. The average molecular weight is 316 g/mol. The minimum atomic E-state index is -0.177. The predicted molar refractivity (Wildman–Crippen MR) is 88.4 cm³/mol. The molecular formula is C18H24N2O3. The predicted octanol–water partition coefficient (Wildman–Crippen LogP) is 2.35. The minimum Gasteiger partial charge on any atom is -0.482 e. The first-order valence-corrected chi connectivity index (χ1v) is 8.38. The molecule has 1 aliphatic heterocycles. The van der Waals surface area contributed by atoms with Crippen LogP contribution in [0.2, 0.25) is 0 Å². The van der Waals surface area contributed by atoms with Gasteiger partial charge in [0.1, 0.15) is 12.3 Å². The Balaban J connectivity index is 1.67. The first kappa shape index (κ1) is 15.8. The third-order valence-electron chi connectivity index (χ3n) is 5.16. The number of para-hydroxylation sites is 2. The second-order valence-electron chi connectivity index (χ2n) is 6.68. The number of hydrogen-bond donors (Lipinski definition) is 1. The van der Waals surface area contributed by atoms with Crippen molar-refractivity contribution in [2.75, 3.05) is 18.1 Å². The van der Waals surface area contributed by atoms with Crippen molar-refractivity contribution in [1.29, 1.82) is 0 Å². The summed E-state index contributed by atoms with van der Waals surface area (Å²) in [5, 5.41) is 3.12. The molecule has 2 aliphatic rings. The van der Waals surface area contributed by atoms with Crippen LogP contribution in [0.25, 0.3) is 0 Å². The van der Waals surface area contributed by atoms with Crippen LogP contribution < -0.4 is 15.0 Å². The van der Waals surface area contributed by atoms with Crippen molar-refractivity contribution in [3.8, 4) is 5.75 Å². The molecule has 0 spiro atoms. The van der Waals surface area contributed by atoms with Gasteiger partial charge in [-0.15, -0.1) is 0 Å². The molecule has 1 fully saturated rings. The third kappa shape index (κ3) is 3.33. The average Bonchev–Trinajstić information content (AvgIpc) is 2.54. The number of benzene rings is 1. The monoisotopic (exact) mass is 316 g/mol. The van der Waals surface area contributed by atoms with Gasteiger partial charge in [0.15, 0.2) is 6.61 Å². The Labute approximate surface area is 137 Å². The first-order valence-electron chi connectivity index (χ1n) is 8.38. The van der Waals surface area contributed by atoms with Crippen LogP contribution in [0.4, 0.5) is 5.69 Å². The highest BCUT2D eigenvalue weighted by Gasteiger charge is 2.31. The summed E-state index contributed by atoms with van der Waals surface area (Å²) in [6.45, 7) is 4.48. The third-order valence-corrected chi connectivity index (χ3v) is 5.16. The first-order chi connectivity index (χ1) is 11.1. The largest absolute Gasteiger partial charge is 0.482 e. The normalized spacial score (nSPS) is 27.1. The Kier molecular flexibility index (Phi) is 4.55. The van der Waals surface area contributed by atoms with Crippen molar-refractivity contribution in [3.63, 3.8) is 0 Å². The van der Waals surface area contributed by atoms with Gasteiger partial charge in [-0.05, 0) is 30.4 Å². The van der Waals surface area contributed by atoms with E-state index in [1.165, 1.54) is 11.3 Å². The van der Waals surface area contributed by atoms with E-state index in [9.17, 15) is 9.59 Å². The Morgan fingerprint density at radius 2 is 2.09 bits per heavy atom. The smallest absolute Gasteiger partial charge is 0.265 e. The fraction of sp³-hybridized carbons (Fsp3) is 0.556. The Morgan fingerprint density at radius 3 is 2.91 bits per heavy atom. The molecule has 1 N–H and O–H groups in total. The van der Waals surface area contributed by atoms with E-state index in [1.54, 1.807) is 0 Å². The summed E-state index contributed by atoms with van der Waals surface area (Å²) in [5.74, 6) is 1.48. The van der Waals surface area contributed by atoms with E-state index in [2.05, 4.69) is 19.2 Å². The molecular weight excluding hydrogens is 292 g/mol. The number of nitrogens with one attached hydrogen (secondary N) is 1. The van der Waals surface area contributed by atoms with Gasteiger partial charge in [0.2, 0.25) is 5.91 Å². The fourth-order valence-corrected chi connectivity index (χ4v) is 3.51. The molecule has 1 aromatic rings. The number of amides is 2. The van der Waals surface area contributed by atoms with E-state index >= 15 is 0 Å². The van der Waals surface area contributed by atoms with Crippen LogP contribution in [0.5, 0.6) is 5.75 Å². The van der Waals surface area contributed by atoms with Gasteiger partial charge < -0.3 is 10.1 Å². The van der Waals surface area contributed by atoms with Crippen LogP contribution in [-0.4, -0.2) is 31.0 Å². The molecule has 5 heteroatoms. The van der Waals surface area contributed by atoms with Crippen molar-refractivity contribution in [2.24, 2.45) is 11.8 Å². The van der Waals surface area contributed by atoms with Crippen LogP contribution in [-0.2, 0) is 9.59 Å². The van der Waals surface area contributed by atoms with Crippen LogP contribution in [0.3, 0.4) is 0 Å². The van der Waals surface area contributed by atoms with Crippen LogP contribution in [0, 0.1) is 11.8 Å². The molecule has 1 saturated carbocycles. The highest BCUT2D eigenvalue weighted by Crippen LogP contribution is 2.32. The summed E-state index contributed by atoms with van der Waals surface area (Å²) >= 11 is 0. The summed E-state index contributed by atoms with van der Waals surface area (Å²) in [5.41, 5.74) is 0.670. The van der Waals surface area contributed by atoms with Crippen molar-refractivity contribution in [1.82, 2.24) is 5.32 Å². The number of rotatable bonds is 3. The van der Waals surface area contributed by atoms with Gasteiger partial charge in [-0.1, -0.05) is 38.8 Å². The quantitative estimate of drug-likeness (QED) is 0.931. The van der Waals surface area contributed by atoms with Crippen molar-refractivity contribution in [2.45, 2.75) is 39.2 Å². The second-order valence-corrected chi connectivity index (χ2v) is 6.68. The van der Waals surface area contributed by atoms with Crippen molar-refractivity contribution < 1.29 is 14.3 Å². The topological polar surface area (TPSA) is 58.6 Å². The number of anilines is 1. The van der Waals surface area contributed by atoms with E-state index in [-0.39, 0.29) is 31.0 Å². The zero-order valence-corrected chi connectivity index (χ0v) is 13.7. The maximum Gasteiger partial charge on any atom is 0.265 e. The molecule has 3 rings (SSSR count). The van der Waals surface area contributed by atoms with Gasteiger partial charge in [-0.2, -0.15) is 0 Å². The Morgan fingerprint density at radius 1 is 1.30 bits per heavy atom. The Hall–Kier alpha value is -2.04. The van der Waals surface area contributed by atoms with Crippen LogP contribution >= 0.6 is 0 Å². The van der Waals surface area contributed by atoms with Gasteiger partial charge in [-0.25, -0.2) is 0 Å². The lowest BCUT2D eigenvalue weighted by atomic mass is 9.78. The molecule has 0 bridgehead atoms. The molecule has 0 saturated heterocycles. The maximum atomic E-state index is 12.4. The van der Waals surface area contributed by atoms with E-state index < -0.39 is 0 Å². The highest BCUT2D eigenvalue weighted by molar-refractivity contribution is 6.02. The Bertz CT molecular complexity index is 602. The molecule has 23 heavy (non-hydrogen) atoms. The number of carbonyl (C=O) groups excluding carboxylic acids is 2. The van der Waals surface area contributed by atoms with Gasteiger partial charge >= 0.3 is 0 Å². The van der Waals surface area contributed by atoms with E-state index in [4.69, 9.17) is 4.74 Å². The van der Waals surface area contributed by atoms with Gasteiger partial charge in [-0.3, -0.25) is 14.5 Å². The fourth-order valence-electron chi connectivity index (χ4n) is 3.51. The SMILES string of the molecule is C[C@H]1[C@H](C)CCC[C@H]1NC(=O)CN1C(=O)COc2ccccc21. The zero-order chi connectivity index (χ0) is 16.4. The summed E-state index contributed by atoms with van der Waals surface area (Å²) in [7, 11) is 0. The molecule has 1 aromatic carbocycles. The summed E-state index contributed by atoms with van der Waals surface area (Å²) in [6, 6.07) is 7.54. The maximum absolute atomic E-state index is 12.4. The number of carbonyl (C=O) groups is 2. The second kappa shape index (κ2) is 6.60. The minimum absolute atomic E-state index is 0.0127. The highest BCUT2D eigenvalue weighted by atomic mass is 16.5. The molecule has 3 atom stereocenters. The molecule has 2 amide bonds. The van der Waals surface area contributed by atoms with Crippen LogP contribution in [0.1, 0.15) is 33.1 Å². The van der Waals surface area contributed by atoms with Gasteiger partial charge in [0, 0.05) is 6.04 Å². The van der Waals surface area contributed by atoms with Crippen LogP contribution in [0.15, 0.2) is 24.3 Å². The standard InChI is InChI=1S/C18H24N2O3/c1-12-6-5-7-14(13(12)2)19-17(21)10-20-15-8-3-4-9-16(15)23-11-18(20)22/h3-4,8-9,12-14H,5-7,10-11H2,1-2H3,(H,19,21)/t12-,13+,14-/m1/s1. The molecule has 124 valence electrons. The van der Waals surface area contributed by atoms with E-state index in [0.717, 1.165) is 12.8 Å². The lowest BCUT2D eigenvalue weighted by Crippen LogP contribution is -2.50. The molecule has 0 aromatic heterocycles. The van der Waals surface area contributed by atoms with Gasteiger partial charge in [0.05, 0.1) is 5.69 Å². The van der Waals surface area contributed by atoms with Gasteiger partial charge in [0.25, 0.3) is 5.91 Å². The van der Waals surface area contributed by atoms with E-state index in [0.29, 0.717) is 23.3 Å². The molecule has 1 aliphatic carbocycles.